The summed E-state index contributed by atoms with van der Waals surface area (Å²) in [5, 5.41) is 25.3. The molecule has 0 saturated heterocycles. The first-order valence-corrected chi connectivity index (χ1v) is 8.70. The van der Waals surface area contributed by atoms with Crippen LogP contribution in [0.3, 0.4) is 0 Å². The number of nitrogens with one attached hydrogen (secondary N) is 2. The summed E-state index contributed by atoms with van der Waals surface area (Å²) in [5.74, 6) is 1.79. The van der Waals surface area contributed by atoms with Gasteiger partial charge in [0.2, 0.25) is 0 Å². The molecule has 0 aliphatic heterocycles. The molecule has 6 rings (SSSR count). The van der Waals surface area contributed by atoms with E-state index in [4.69, 9.17) is 0 Å². The lowest BCUT2D eigenvalue weighted by Crippen LogP contribution is -2.59. The highest BCUT2D eigenvalue weighted by Crippen LogP contribution is 2.56. The van der Waals surface area contributed by atoms with Gasteiger partial charge in [-0.05, 0) is 55.9 Å². The van der Waals surface area contributed by atoms with E-state index < -0.39 is 5.60 Å². The standard InChI is InChI=1S/C18H23N3O2/c22-9-13-8-20-17-14(1-2-19-17)16(13)21-15-11-3-10-4-12(15)7-18(23,5-10)6-11/h1-2,8,10-12,15,22-23H,3-7,9H2,(H2,19,20,21)/t10?,11-,12+,15+,18-. The van der Waals surface area contributed by atoms with Crippen molar-refractivity contribution in [1.82, 2.24) is 9.97 Å². The van der Waals surface area contributed by atoms with E-state index in [0.29, 0.717) is 23.8 Å². The molecule has 1 unspecified atom stereocenters. The maximum Gasteiger partial charge on any atom is 0.139 e. The third-order valence-electron chi connectivity index (χ3n) is 6.39. The number of rotatable bonds is 3. The van der Waals surface area contributed by atoms with Crippen LogP contribution in [0, 0.1) is 17.8 Å². The average molecular weight is 313 g/mol. The lowest BCUT2D eigenvalue weighted by molar-refractivity contribution is -0.129. The van der Waals surface area contributed by atoms with E-state index >= 15 is 0 Å². The number of aromatic amines is 1. The molecule has 122 valence electrons. The van der Waals surface area contributed by atoms with Crippen molar-refractivity contribution in [2.24, 2.45) is 17.8 Å². The van der Waals surface area contributed by atoms with Gasteiger partial charge in [0.25, 0.3) is 0 Å². The monoisotopic (exact) mass is 313 g/mol. The molecule has 2 heterocycles. The van der Waals surface area contributed by atoms with Crippen LogP contribution in [-0.4, -0.2) is 31.8 Å². The van der Waals surface area contributed by atoms with Gasteiger partial charge in [0.15, 0.2) is 0 Å². The number of aliphatic hydroxyl groups excluding tert-OH is 1. The summed E-state index contributed by atoms with van der Waals surface area (Å²) in [4.78, 5) is 7.52. The maximum absolute atomic E-state index is 10.7. The Morgan fingerprint density at radius 1 is 1.26 bits per heavy atom. The highest BCUT2D eigenvalue weighted by Gasteiger charge is 2.54. The fraction of sp³-hybridized carbons (Fsp3) is 0.611. The van der Waals surface area contributed by atoms with Crippen LogP contribution in [0.5, 0.6) is 0 Å². The van der Waals surface area contributed by atoms with Gasteiger partial charge in [-0.3, -0.25) is 0 Å². The molecular weight excluding hydrogens is 290 g/mol. The molecule has 4 aliphatic carbocycles. The molecule has 4 bridgehead atoms. The molecule has 4 aliphatic rings. The summed E-state index contributed by atoms with van der Waals surface area (Å²) in [5.41, 5.74) is 2.32. The van der Waals surface area contributed by atoms with E-state index in [2.05, 4.69) is 15.3 Å². The molecule has 5 atom stereocenters. The first kappa shape index (κ1) is 13.8. The zero-order valence-corrected chi connectivity index (χ0v) is 13.1. The number of anilines is 1. The van der Waals surface area contributed by atoms with Crippen molar-refractivity contribution >= 4 is 16.7 Å². The topological polar surface area (TPSA) is 81.2 Å². The third kappa shape index (κ3) is 2.03. The second kappa shape index (κ2) is 4.71. The number of hydrogen-bond acceptors (Lipinski definition) is 4. The number of pyridine rings is 1. The Hall–Kier alpha value is -1.59. The number of aromatic nitrogens is 2. The van der Waals surface area contributed by atoms with Crippen LogP contribution in [-0.2, 0) is 6.61 Å². The molecule has 4 N–H and O–H groups in total. The molecule has 0 amide bonds. The first-order chi connectivity index (χ1) is 11.1. The molecule has 0 spiro atoms. The molecule has 23 heavy (non-hydrogen) atoms. The second-order valence-corrected chi connectivity index (χ2v) is 7.92. The Labute approximate surface area is 135 Å². The zero-order valence-electron chi connectivity index (χ0n) is 13.1. The Kier molecular flexibility index (Phi) is 2.83. The highest BCUT2D eigenvalue weighted by atomic mass is 16.3. The molecule has 0 radical (unpaired) electrons. The minimum Gasteiger partial charge on any atom is -0.392 e. The largest absolute Gasteiger partial charge is 0.392 e. The summed E-state index contributed by atoms with van der Waals surface area (Å²) < 4.78 is 0. The highest BCUT2D eigenvalue weighted by molar-refractivity contribution is 5.91. The normalized spacial score (nSPS) is 38.3. The fourth-order valence-corrected chi connectivity index (χ4v) is 5.72. The summed E-state index contributed by atoms with van der Waals surface area (Å²) in [7, 11) is 0. The van der Waals surface area contributed by atoms with Crippen molar-refractivity contribution in [3.05, 3.63) is 24.0 Å². The fourth-order valence-electron chi connectivity index (χ4n) is 5.72. The van der Waals surface area contributed by atoms with Gasteiger partial charge in [-0.15, -0.1) is 0 Å². The Morgan fingerprint density at radius 2 is 2.04 bits per heavy atom. The van der Waals surface area contributed by atoms with Gasteiger partial charge >= 0.3 is 0 Å². The van der Waals surface area contributed by atoms with Gasteiger partial charge < -0.3 is 20.5 Å². The van der Waals surface area contributed by atoms with E-state index in [9.17, 15) is 10.2 Å². The zero-order chi connectivity index (χ0) is 15.6. The van der Waals surface area contributed by atoms with Crippen molar-refractivity contribution in [3.8, 4) is 0 Å². The lowest BCUT2D eigenvalue weighted by atomic mass is 9.52. The van der Waals surface area contributed by atoms with Crippen LogP contribution in [0.4, 0.5) is 5.69 Å². The quantitative estimate of drug-likeness (QED) is 0.701. The number of aliphatic hydroxyl groups is 2. The number of hydrogen-bond donors (Lipinski definition) is 4. The van der Waals surface area contributed by atoms with Gasteiger partial charge in [0.05, 0.1) is 17.9 Å². The first-order valence-electron chi connectivity index (χ1n) is 8.70. The summed E-state index contributed by atoms with van der Waals surface area (Å²) >= 11 is 0. The molecule has 4 fully saturated rings. The van der Waals surface area contributed by atoms with Gasteiger partial charge in [-0.1, -0.05) is 0 Å². The lowest BCUT2D eigenvalue weighted by Gasteiger charge is -2.58. The smallest absolute Gasteiger partial charge is 0.139 e. The van der Waals surface area contributed by atoms with Crippen molar-refractivity contribution in [2.75, 3.05) is 5.32 Å². The minimum absolute atomic E-state index is 0.00886. The molecular formula is C18H23N3O2. The molecule has 0 aromatic carbocycles. The van der Waals surface area contributed by atoms with Crippen molar-refractivity contribution in [3.63, 3.8) is 0 Å². The van der Waals surface area contributed by atoms with Gasteiger partial charge in [0.1, 0.15) is 5.65 Å². The predicted molar refractivity (Wildman–Crippen MR) is 87.9 cm³/mol. The Bertz CT molecular complexity index is 740. The van der Waals surface area contributed by atoms with Gasteiger partial charge in [0, 0.05) is 29.4 Å². The Balaban J connectivity index is 1.52. The van der Waals surface area contributed by atoms with Crippen molar-refractivity contribution in [1.29, 1.82) is 0 Å². The van der Waals surface area contributed by atoms with Crippen LogP contribution >= 0.6 is 0 Å². The third-order valence-corrected chi connectivity index (χ3v) is 6.39. The molecule has 5 nitrogen and oxygen atoms in total. The molecule has 5 heteroatoms. The SMILES string of the molecule is OCc1cnc2[nH]ccc2c1N[C@H]1[C@@H]2CC3C[C@H]1C[C@@](O)(C3)C2. The predicted octanol–water partition coefficient (Wildman–Crippen LogP) is 2.41. The maximum atomic E-state index is 10.7. The summed E-state index contributed by atoms with van der Waals surface area (Å²) in [6.45, 7) is -0.00886. The summed E-state index contributed by atoms with van der Waals surface area (Å²) in [6.07, 6.45) is 8.96. The van der Waals surface area contributed by atoms with Crippen LogP contribution in [0.25, 0.3) is 11.0 Å². The van der Waals surface area contributed by atoms with Gasteiger partial charge in [-0.25, -0.2) is 4.98 Å². The number of H-pyrrole nitrogens is 1. The average Bonchev–Trinajstić information content (AvgIpc) is 2.98. The van der Waals surface area contributed by atoms with Crippen LogP contribution in [0.15, 0.2) is 18.5 Å². The summed E-state index contributed by atoms with van der Waals surface area (Å²) in [6, 6.07) is 2.42. The van der Waals surface area contributed by atoms with E-state index in [0.717, 1.165) is 41.5 Å². The van der Waals surface area contributed by atoms with Crippen LogP contribution < -0.4 is 5.32 Å². The minimum atomic E-state index is -0.407. The number of nitrogens with zero attached hydrogens (tertiary/aromatic N) is 1. The molecule has 4 saturated carbocycles. The molecule has 2 aromatic heterocycles. The van der Waals surface area contributed by atoms with Crippen molar-refractivity contribution in [2.45, 2.75) is 50.4 Å². The second-order valence-electron chi connectivity index (χ2n) is 7.92. The van der Waals surface area contributed by atoms with Crippen LogP contribution in [0.2, 0.25) is 0 Å². The Morgan fingerprint density at radius 3 is 2.74 bits per heavy atom. The van der Waals surface area contributed by atoms with E-state index in [1.54, 1.807) is 6.20 Å². The van der Waals surface area contributed by atoms with E-state index in [-0.39, 0.29) is 6.61 Å². The molecule has 2 aromatic rings. The number of fused-ring (bicyclic) bond motifs is 1. The van der Waals surface area contributed by atoms with E-state index in [1.165, 1.54) is 12.8 Å². The van der Waals surface area contributed by atoms with Crippen LogP contribution in [0.1, 0.15) is 37.7 Å². The van der Waals surface area contributed by atoms with Gasteiger partial charge in [-0.2, -0.15) is 0 Å². The van der Waals surface area contributed by atoms with Crippen molar-refractivity contribution < 1.29 is 10.2 Å². The van der Waals surface area contributed by atoms with E-state index in [1.807, 2.05) is 12.3 Å².